The maximum atomic E-state index is 9.16. The zero-order valence-electron chi connectivity index (χ0n) is 6.26. The van der Waals surface area contributed by atoms with E-state index < -0.39 is 0 Å². The highest BCUT2D eigenvalue weighted by Crippen LogP contribution is 2.21. The quantitative estimate of drug-likeness (QED) is 0.417. The highest BCUT2D eigenvalue weighted by molar-refractivity contribution is 5.85. The van der Waals surface area contributed by atoms with Crippen LogP contribution >= 0.6 is 0 Å². The van der Waals surface area contributed by atoms with Crippen molar-refractivity contribution in [3.63, 3.8) is 0 Å². The van der Waals surface area contributed by atoms with Crippen LogP contribution in [0.3, 0.4) is 0 Å². The van der Waals surface area contributed by atoms with E-state index in [2.05, 4.69) is 0 Å². The van der Waals surface area contributed by atoms with Gasteiger partial charge in [0.2, 0.25) is 0 Å². The Morgan fingerprint density at radius 2 is 2.18 bits per heavy atom. The van der Waals surface area contributed by atoms with Gasteiger partial charge in [0.05, 0.1) is 0 Å². The van der Waals surface area contributed by atoms with Crippen LogP contribution in [-0.2, 0) is 0 Å². The zero-order valence-corrected chi connectivity index (χ0v) is 6.26. The summed E-state index contributed by atoms with van der Waals surface area (Å²) in [5.41, 5.74) is 7.30. The first-order valence-electron chi connectivity index (χ1n) is 3.24. The number of phenols is 1. The van der Waals surface area contributed by atoms with Crippen molar-refractivity contribution in [3.05, 3.63) is 23.3 Å². The van der Waals surface area contributed by atoms with Gasteiger partial charge in [0, 0.05) is 23.5 Å². The summed E-state index contributed by atoms with van der Waals surface area (Å²) in [5, 5.41) is 16.1. The molecule has 0 aliphatic rings. The minimum atomic E-state index is 0.174. The predicted molar refractivity (Wildman–Crippen MR) is 45.1 cm³/mol. The molecular formula is C8H10N2O. The molecule has 1 rings (SSSR count). The second-order valence-corrected chi connectivity index (χ2v) is 2.41. The summed E-state index contributed by atoms with van der Waals surface area (Å²) >= 11 is 0. The molecular weight excluding hydrogens is 140 g/mol. The van der Waals surface area contributed by atoms with Gasteiger partial charge in [0.25, 0.3) is 0 Å². The molecule has 1 aromatic carbocycles. The third kappa shape index (κ3) is 1.32. The Labute approximate surface area is 65.0 Å². The van der Waals surface area contributed by atoms with Gasteiger partial charge in [0.15, 0.2) is 0 Å². The number of aromatic hydroxyl groups is 1. The van der Waals surface area contributed by atoms with E-state index in [4.69, 9.17) is 16.2 Å². The molecule has 4 N–H and O–H groups in total. The molecule has 0 spiro atoms. The molecule has 0 unspecified atom stereocenters. The van der Waals surface area contributed by atoms with Crippen LogP contribution in [-0.4, -0.2) is 11.3 Å². The number of benzene rings is 1. The van der Waals surface area contributed by atoms with E-state index in [-0.39, 0.29) is 5.75 Å². The van der Waals surface area contributed by atoms with Gasteiger partial charge in [-0.15, -0.1) is 0 Å². The van der Waals surface area contributed by atoms with E-state index in [1.165, 1.54) is 12.3 Å². The van der Waals surface area contributed by atoms with Crippen molar-refractivity contribution in [3.8, 4) is 5.75 Å². The lowest BCUT2D eigenvalue weighted by molar-refractivity contribution is 0.471. The van der Waals surface area contributed by atoms with Gasteiger partial charge >= 0.3 is 0 Å². The van der Waals surface area contributed by atoms with Crippen LogP contribution in [0.25, 0.3) is 0 Å². The fourth-order valence-electron chi connectivity index (χ4n) is 0.860. The SMILES string of the molecule is Cc1cc(C=N)c(N)cc1O. The number of aryl methyl sites for hydroxylation is 1. The zero-order chi connectivity index (χ0) is 8.43. The molecule has 0 aromatic heterocycles. The van der Waals surface area contributed by atoms with Crippen LogP contribution < -0.4 is 5.73 Å². The van der Waals surface area contributed by atoms with E-state index in [1.54, 1.807) is 13.0 Å². The number of anilines is 1. The summed E-state index contributed by atoms with van der Waals surface area (Å²) in [5.74, 6) is 0.174. The predicted octanol–water partition coefficient (Wildman–Crippen LogP) is 1.28. The van der Waals surface area contributed by atoms with Gasteiger partial charge in [-0.25, -0.2) is 0 Å². The number of rotatable bonds is 1. The summed E-state index contributed by atoms with van der Waals surface area (Å²) < 4.78 is 0. The van der Waals surface area contributed by atoms with E-state index in [0.29, 0.717) is 11.3 Å². The summed E-state index contributed by atoms with van der Waals surface area (Å²) in [6.45, 7) is 1.77. The average molecular weight is 150 g/mol. The highest BCUT2D eigenvalue weighted by atomic mass is 16.3. The van der Waals surface area contributed by atoms with Gasteiger partial charge in [-0.1, -0.05) is 0 Å². The van der Waals surface area contributed by atoms with Crippen molar-refractivity contribution in [2.24, 2.45) is 0 Å². The van der Waals surface area contributed by atoms with E-state index in [0.717, 1.165) is 5.56 Å². The molecule has 0 fully saturated rings. The second kappa shape index (κ2) is 2.62. The van der Waals surface area contributed by atoms with E-state index in [9.17, 15) is 0 Å². The van der Waals surface area contributed by atoms with Crippen LogP contribution in [0.2, 0.25) is 0 Å². The van der Waals surface area contributed by atoms with Crippen molar-refractivity contribution >= 4 is 11.9 Å². The van der Waals surface area contributed by atoms with Crippen LogP contribution in [0.4, 0.5) is 5.69 Å². The molecule has 1 aromatic rings. The maximum Gasteiger partial charge on any atom is 0.120 e. The molecule has 0 saturated carbocycles. The number of nitrogen functional groups attached to an aromatic ring is 1. The molecule has 0 aliphatic heterocycles. The first kappa shape index (κ1) is 7.60. The third-order valence-electron chi connectivity index (χ3n) is 1.56. The molecule has 0 radical (unpaired) electrons. The largest absolute Gasteiger partial charge is 0.508 e. The normalized spacial score (nSPS) is 9.55. The number of phenolic OH excluding ortho intramolecular Hbond substituents is 1. The Morgan fingerprint density at radius 1 is 1.55 bits per heavy atom. The van der Waals surface area contributed by atoms with Crippen molar-refractivity contribution in [1.29, 1.82) is 5.41 Å². The Balaban J connectivity index is 3.31. The Morgan fingerprint density at radius 3 is 2.73 bits per heavy atom. The topological polar surface area (TPSA) is 70.1 Å². The summed E-state index contributed by atoms with van der Waals surface area (Å²) in [7, 11) is 0. The van der Waals surface area contributed by atoms with Gasteiger partial charge < -0.3 is 16.2 Å². The minimum absolute atomic E-state index is 0.174. The maximum absolute atomic E-state index is 9.16. The summed E-state index contributed by atoms with van der Waals surface area (Å²) in [6.07, 6.45) is 1.17. The number of hydrogen-bond acceptors (Lipinski definition) is 3. The summed E-state index contributed by atoms with van der Waals surface area (Å²) in [6, 6.07) is 3.13. The Bertz CT molecular complexity index is 294. The molecule has 58 valence electrons. The molecule has 0 heterocycles. The highest BCUT2D eigenvalue weighted by Gasteiger charge is 2.00. The average Bonchev–Trinajstić information content (AvgIpc) is 1.97. The van der Waals surface area contributed by atoms with Gasteiger partial charge in [-0.3, -0.25) is 0 Å². The molecule has 0 amide bonds. The number of hydrogen-bond donors (Lipinski definition) is 3. The van der Waals surface area contributed by atoms with Gasteiger partial charge in [-0.05, 0) is 18.6 Å². The van der Waals surface area contributed by atoms with Crippen molar-refractivity contribution in [2.75, 3.05) is 5.73 Å². The fourth-order valence-corrected chi connectivity index (χ4v) is 0.860. The van der Waals surface area contributed by atoms with Crippen LogP contribution in [0.1, 0.15) is 11.1 Å². The minimum Gasteiger partial charge on any atom is -0.508 e. The Hall–Kier alpha value is -1.51. The van der Waals surface area contributed by atoms with Gasteiger partial charge in [-0.2, -0.15) is 0 Å². The Kier molecular flexibility index (Phi) is 1.81. The third-order valence-corrected chi connectivity index (χ3v) is 1.56. The molecule has 3 nitrogen and oxygen atoms in total. The lowest BCUT2D eigenvalue weighted by Gasteiger charge is -2.02. The van der Waals surface area contributed by atoms with Crippen molar-refractivity contribution in [2.45, 2.75) is 6.92 Å². The first-order chi connectivity index (χ1) is 5.15. The monoisotopic (exact) mass is 150 g/mol. The van der Waals surface area contributed by atoms with Crippen LogP contribution in [0, 0.1) is 12.3 Å². The lowest BCUT2D eigenvalue weighted by atomic mass is 10.1. The molecule has 3 heteroatoms. The van der Waals surface area contributed by atoms with E-state index in [1.807, 2.05) is 0 Å². The van der Waals surface area contributed by atoms with Crippen LogP contribution in [0.15, 0.2) is 12.1 Å². The standard InChI is InChI=1S/C8H10N2O/c1-5-2-6(4-9)7(10)3-8(5)11/h2-4,9,11H,10H2,1H3. The number of nitrogens with one attached hydrogen (secondary N) is 1. The van der Waals surface area contributed by atoms with E-state index >= 15 is 0 Å². The summed E-state index contributed by atoms with van der Waals surface area (Å²) in [4.78, 5) is 0. The molecule has 0 saturated heterocycles. The lowest BCUT2D eigenvalue weighted by Crippen LogP contribution is -1.93. The second-order valence-electron chi connectivity index (χ2n) is 2.41. The molecule has 11 heavy (non-hydrogen) atoms. The molecule has 0 atom stereocenters. The smallest absolute Gasteiger partial charge is 0.120 e. The van der Waals surface area contributed by atoms with Gasteiger partial charge in [0.1, 0.15) is 5.75 Å². The molecule has 0 aliphatic carbocycles. The van der Waals surface area contributed by atoms with Crippen molar-refractivity contribution < 1.29 is 5.11 Å². The fraction of sp³-hybridized carbons (Fsp3) is 0.125. The van der Waals surface area contributed by atoms with Crippen LogP contribution in [0.5, 0.6) is 5.75 Å². The van der Waals surface area contributed by atoms with Crippen molar-refractivity contribution in [1.82, 2.24) is 0 Å². The first-order valence-corrected chi connectivity index (χ1v) is 3.24. The molecule has 0 bridgehead atoms. The number of nitrogens with two attached hydrogens (primary N) is 1.